The van der Waals surface area contributed by atoms with Gasteiger partial charge in [0.25, 0.3) is 0 Å². The summed E-state index contributed by atoms with van der Waals surface area (Å²) in [6.07, 6.45) is 5.22. The van der Waals surface area contributed by atoms with Crippen LogP contribution in [0.25, 0.3) is 0 Å². The molecule has 8 nitrogen and oxygen atoms in total. The van der Waals surface area contributed by atoms with E-state index in [9.17, 15) is 9.90 Å². The van der Waals surface area contributed by atoms with Crippen molar-refractivity contribution in [1.29, 1.82) is 0 Å². The molecule has 1 aliphatic rings. The van der Waals surface area contributed by atoms with Crippen molar-refractivity contribution in [3.05, 3.63) is 11.6 Å². The van der Waals surface area contributed by atoms with Crippen molar-refractivity contribution in [2.24, 2.45) is 5.41 Å². The third-order valence-corrected chi connectivity index (χ3v) is 4.20. The number of aliphatic hydroxyl groups excluding tert-OH is 1. The van der Waals surface area contributed by atoms with E-state index in [1.807, 2.05) is 0 Å². The number of urea groups is 1. The molecule has 0 saturated heterocycles. The molecule has 1 fully saturated rings. The molecule has 2 amide bonds. The van der Waals surface area contributed by atoms with E-state index in [2.05, 4.69) is 25.8 Å². The van der Waals surface area contributed by atoms with Gasteiger partial charge in [0.05, 0.1) is 6.54 Å². The van der Waals surface area contributed by atoms with Crippen molar-refractivity contribution in [3.63, 3.8) is 0 Å². The van der Waals surface area contributed by atoms with Crippen LogP contribution in [0.3, 0.4) is 0 Å². The van der Waals surface area contributed by atoms with Gasteiger partial charge >= 0.3 is 6.03 Å². The number of rotatable bonds is 8. The Kier molecular flexibility index (Phi) is 6.14. The first kappa shape index (κ1) is 16.7. The molecule has 1 aliphatic carbocycles. The van der Waals surface area contributed by atoms with Crippen molar-refractivity contribution in [2.45, 2.75) is 45.3 Å². The van der Waals surface area contributed by atoms with Crippen LogP contribution in [-0.2, 0) is 17.9 Å². The number of aromatic amines is 1. The average Bonchev–Trinajstić information content (AvgIpc) is 3.14. The molecule has 1 aromatic heterocycles. The van der Waals surface area contributed by atoms with E-state index in [0.717, 1.165) is 19.3 Å². The predicted octanol–water partition coefficient (Wildman–Crippen LogP) is 0.693. The second kappa shape index (κ2) is 8.09. The summed E-state index contributed by atoms with van der Waals surface area (Å²) in [4.78, 5) is 16.1. The van der Waals surface area contributed by atoms with Crippen molar-refractivity contribution >= 4 is 6.03 Å². The standard InChI is InChI=1S/C14H25N5O3/c1-22-9-12-17-11(18-19-12)8-15-13(21)16-10-14(6-7-20)4-2-3-5-14/h20H,2-10H2,1H3,(H2,15,16,21)(H,17,18,19). The molecule has 1 saturated carbocycles. The van der Waals surface area contributed by atoms with Gasteiger partial charge in [0.1, 0.15) is 12.4 Å². The zero-order valence-electron chi connectivity index (χ0n) is 13.0. The van der Waals surface area contributed by atoms with E-state index < -0.39 is 0 Å². The number of hydrogen-bond acceptors (Lipinski definition) is 5. The molecule has 124 valence electrons. The number of ether oxygens (including phenoxy) is 1. The fourth-order valence-electron chi connectivity index (χ4n) is 2.98. The van der Waals surface area contributed by atoms with Crippen LogP contribution in [0, 0.1) is 5.41 Å². The minimum absolute atomic E-state index is 0.0595. The van der Waals surface area contributed by atoms with Crippen LogP contribution in [-0.4, -0.2) is 46.6 Å². The largest absolute Gasteiger partial charge is 0.396 e. The number of H-pyrrole nitrogens is 1. The van der Waals surface area contributed by atoms with Crippen molar-refractivity contribution in [2.75, 3.05) is 20.3 Å². The second-order valence-electron chi connectivity index (χ2n) is 5.85. The number of methoxy groups -OCH3 is 1. The zero-order valence-corrected chi connectivity index (χ0v) is 13.0. The lowest BCUT2D eigenvalue weighted by Crippen LogP contribution is -2.42. The molecule has 1 aromatic rings. The lowest BCUT2D eigenvalue weighted by atomic mass is 9.83. The number of amides is 2. The highest BCUT2D eigenvalue weighted by Gasteiger charge is 2.33. The maximum Gasteiger partial charge on any atom is 0.315 e. The fraction of sp³-hybridized carbons (Fsp3) is 0.786. The topological polar surface area (TPSA) is 112 Å². The highest BCUT2D eigenvalue weighted by molar-refractivity contribution is 5.73. The first-order valence-corrected chi connectivity index (χ1v) is 7.69. The normalized spacial score (nSPS) is 16.6. The Bertz CT molecular complexity index is 471. The SMILES string of the molecule is COCc1n[nH]c(CNC(=O)NCC2(CCO)CCCC2)n1. The summed E-state index contributed by atoms with van der Waals surface area (Å²) < 4.78 is 4.93. The maximum absolute atomic E-state index is 11.9. The summed E-state index contributed by atoms with van der Waals surface area (Å²) in [7, 11) is 1.58. The molecule has 0 atom stereocenters. The third-order valence-electron chi connectivity index (χ3n) is 4.20. The number of aliphatic hydroxyl groups is 1. The monoisotopic (exact) mass is 311 g/mol. The van der Waals surface area contributed by atoms with E-state index in [0.29, 0.717) is 24.8 Å². The Morgan fingerprint density at radius 1 is 1.41 bits per heavy atom. The Hall–Kier alpha value is -1.67. The van der Waals surface area contributed by atoms with Crippen molar-refractivity contribution in [1.82, 2.24) is 25.8 Å². The lowest BCUT2D eigenvalue weighted by Gasteiger charge is -2.28. The fourth-order valence-corrected chi connectivity index (χ4v) is 2.98. The number of hydrogen-bond donors (Lipinski definition) is 4. The second-order valence-corrected chi connectivity index (χ2v) is 5.85. The maximum atomic E-state index is 11.9. The van der Waals surface area contributed by atoms with E-state index >= 15 is 0 Å². The molecule has 0 radical (unpaired) electrons. The molecule has 4 N–H and O–H groups in total. The summed E-state index contributed by atoms with van der Waals surface area (Å²) in [5.41, 5.74) is 0.0595. The minimum atomic E-state index is -0.228. The Balaban J connectivity index is 1.72. The van der Waals surface area contributed by atoms with Gasteiger partial charge in [-0.2, -0.15) is 5.10 Å². The van der Waals surface area contributed by atoms with Crippen LogP contribution in [0.15, 0.2) is 0 Å². The quantitative estimate of drug-likeness (QED) is 0.564. The van der Waals surface area contributed by atoms with Gasteiger partial charge in [0, 0.05) is 20.3 Å². The minimum Gasteiger partial charge on any atom is -0.396 e. The number of nitrogens with zero attached hydrogens (tertiary/aromatic N) is 2. The predicted molar refractivity (Wildman–Crippen MR) is 79.9 cm³/mol. The molecule has 22 heavy (non-hydrogen) atoms. The molecule has 0 spiro atoms. The van der Waals surface area contributed by atoms with E-state index in [1.54, 1.807) is 7.11 Å². The van der Waals surface area contributed by atoms with Crippen LogP contribution in [0.4, 0.5) is 4.79 Å². The lowest BCUT2D eigenvalue weighted by molar-refractivity contribution is 0.177. The molecule has 2 rings (SSSR count). The highest BCUT2D eigenvalue weighted by Crippen LogP contribution is 2.40. The van der Waals surface area contributed by atoms with Gasteiger partial charge < -0.3 is 20.5 Å². The first-order valence-electron chi connectivity index (χ1n) is 7.69. The Labute approximate surface area is 130 Å². The van der Waals surface area contributed by atoms with Gasteiger partial charge in [0.15, 0.2) is 5.82 Å². The molecule has 0 bridgehead atoms. The van der Waals surface area contributed by atoms with Crippen LogP contribution >= 0.6 is 0 Å². The molecule has 0 unspecified atom stereocenters. The van der Waals surface area contributed by atoms with Gasteiger partial charge in [-0.15, -0.1) is 0 Å². The van der Waals surface area contributed by atoms with Crippen LogP contribution in [0.2, 0.25) is 0 Å². The van der Waals surface area contributed by atoms with E-state index in [-0.39, 0.29) is 24.6 Å². The summed E-state index contributed by atoms with van der Waals surface area (Å²) in [5, 5.41) is 21.6. The van der Waals surface area contributed by atoms with Gasteiger partial charge in [-0.05, 0) is 24.7 Å². The van der Waals surface area contributed by atoms with Crippen LogP contribution in [0.5, 0.6) is 0 Å². The Morgan fingerprint density at radius 3 is 2.86 bits per heavy atom. The van der Waals surface area contributed by atoms with Gasteiger partial charge in [0.2, 0.25) is 0 Å². The molecule has 8 heteroatoms. The summed E-state index contributed by atoms with van der Waals surface area (Å²) >= 11 is 0. The third kappa shape index (κ3) is 4.67. The van der Waals surface area contributed by atoms with E-state index in [1.165, 1.54) is 12.8 Å². The molecular formula is C14H25N5O3. The highest BCUT2D eigenvalue weighted by atomic mass is 16.5. The van der Waals surface area contributed by atoms with Crippen molar-refractivity contribution < 1.29 is 14.6 Å². The zero-order chi connectivity index (χ0) is 15.8. The van der Waals surface area contributed by atoms with Crippen molar-refractivity contribution in [3.8, 4) is 0 Å². The van der Waals surface area contributed by atoms with Gasteiger partial charge in [-0.25, -0.2) is 9.78 Å². The van der Waals surface area contributed by atoms with Crippen LogP contribution < -0.4 is 10.6 Å². The number of nitrogens with one attached hydrogen (secondary N) is 3. The van der Waals surface area contributed by atoms with Crippen LogP contribution in [0.1, 0.15) is 43.8 Å². The van der Waals surface area contributed by atoms with Gasteiger partial charge in [-0.3, -0.25) is 5.10 Å². The summed E-state index contributed by atoms with van der Waals surface area (Å²) in [5.74, 6) is 1.15. The average molecular weight is 311 g/mol. The summed E-state index contributed by atoms with van der Waals surface area (Å²) in [6, 6.07) is -0.228. The van der Waals surface area contributed by atoms with E-state index in [4.69, 9.17) is 4.74 Å². The number of carbonyl (C=O) groups is 1. The number of aromatic nitrogens is 3. The molecule has 1 heterocycles. The first-order chi connectivity index (χ1) is 10.7. The molecular weight excluding hydrogens is 286 g/mol. The molecule has 0 aromatic carbocycles. The summed E-state index contributed by atoms with van der Waals surface area (Å²) in [6.45, 7) is 1.40. The Morgan fingerprint density at radius 2 is 2.18 bits per heavy atom. The van der Waals surface area contributed by atoms with Gasteiger partial charge in [-0.1, -0.05) is 12.8 Å². The molecule has 0 aliphatic heterocycles. The number of carbonyl (C=O) groups excluding carboxylic acids is 1. The smallest absolute Gasteiger partial charge is 0.315 e.